The molecule has 238 valence electrons. The Balaban J connectivity index is 1.44. The molecule has 0 saturated carbocycles. The van der Waals surface area contributed by atoms with Crippen LogP contribution in [0.25, 0.3) is 33.4 Å². The fourth-order valence-electron chi connectivity index (χ4n) is 4.69. The van der Waals surface area contributed by atoms with Gasteiger partial charge in [0.2, 0.25) is 0 Å². The molecule has 0 aliphatic carbocycles. The molecule has 0 fully saturated rings. The Labute approximate surface area is 256 Å². The molecular weight excluding hydrogens is 664 g/mol. The Morgan fingerprint density at radius 2 is 0.978 bits per heavy atom. The van der Waals surface area contributed by atoms with E-state index in [0.717, 1.165) is 18.2 Å². The standard InChI is InChI=1S/C32H13ClF12O/c33-20-7-14(18-3-1-2-4-21(18)34)8-23(36)28(20)16-11-26(39)30(27(40)12-16)32(44,45)46-17-5-6-19(22(35)13-17)15-9-24(37)29(25(38)10-15)31(41,42)43/h1-13H. The monoisotopic (exact) mass is 676 g/mol. The topological polar surface area (TPSA) is 9.23 Å². The van der Waals surface area contributed by atoms with Crippen molar-refractivity contribution < 1.29 is 57.4 Å². The van der Waals surface area contributed by atoms with E-state index in [1.165, 1.54) is 18.2 Å². The third kappa shape index (κ3) is 6.23. The van der Waals surface area contributed by atoms with Crippen LogP contribution in [0.5, 0.6) is 5.75 Å². The molecule has 1 nitrogen and oxygen atoms in total. The Hall–Kier alpha value is -4.65. The molecule has 0 aliphatic heterocycles. The Kier molecular flexibility index (Phi) is 8.49. The lowest BCUT2D eigenvalue weighted by Crippen LogP contribution is -2.25. The van der Waals surface area contributed by atoms with E-state index >= 15 is 4.39 Å². The summed E-state index contributed by atoms with van der Waals surface area (Å²) in [6, 6.07) is 9.71. The molecule has 0 N–H and O–H groups in total. The Morgan fingerprint density at radius 3 is 1.52 bits per heavy atom. The highest BCUT2D eigenvalue weighted by atomic mass is 35.5. The third-order valence-corrected chi connectivity index (χ3v) is 6.97. The van der Waals surface area contributed by atoms with Gasteiger partial charge in [-0.15, -0.1) is 0 Å². The number of hydrogen-bond donors (Lipinski definition) is 0. The maximum Gasteiger partial charge on any atom is 0.432 e. The first-order valence-corrected chi connectivity index (χ1v) is 13.0. The van der Waals surface area contributed by atoms with Gasteiger partial charge in [-0.2, -0.15) is 22.0 Å². The summed E-state index contributed by atoms with van der Waals surface area (Å²) >= 11 is 6.12. The quantitative estimate of drug-likeness (QED) is 0.163. The largest absolute Gasteiger partial charge is 0.432 e. The molecule has 46 heavy (non-hydrogen) atoms. The van der Waals surface area contributed by atoms with Crippen LogP contribution >= 0.6 is 11.6 Å². The lowest BCUT2D eigenvalue weighted by molar-refractivity contribution is -0.189. The molecule has 5 aromatic rings. The highest BCUT2D eigenvalue weighted by Crippen LogP contribution is 2.42. The maximum atomic E-state index is 15.1. The fourth-order valence-corrected chi connectivity index (χ4v) is 5.00. The van der Waals surface area contributed by atoms with Crippen LogP contribution in [0.4, 0.5) is 52.7 Å². The minimum absolute atomic E-state index is 0.0197. The minimum Gasteiger partial charge on any atom is -0.429 e. The molecule has 0 unspecified atom stereocenters. The van der Waals surface area contributed by atoms with E-state index in [1.54, 1.807) is 0 Å². The summed E-state index contributed by atoms with van der Waals surface area (Å²) in [5.41, 5.74) is -6.89. The molecule has 0 bridgehead atoms. The highest BCUT2D eigenvalue weighted by Gasteiger charge is 2.42. The van der Waals surface area contributed by atoms with Crippen LogP contribution in [0, 0.1) is 40.7 Å². The van der Waals surface area contributed by atoms with Gasteiger partial charge in [0.15, 0.2) is 0 Å². The number of ether oxygens (including phenoxy) is 1. The van der Waals surface area contributed by atoms with E-state index in [2.05, 4.69) is 4.74 Å². The molecule has 0 heterocycles. The summed E-state index contributed by atoms with van der Waals surface area (Å²) in [4.78, 5) is 0. The van der Waals surface area contributed by atoms with E-state index < -0.39 is 97.2 Å². The minimum atomic E-state index is -5.40. The summed E-state index contributed by atoms with van der Waals surface area (Å²) in [7, 11) is 0. The number of halogens is 13. The van der Waals surface area contributed by atoms with E-state index in [4.69, 9.17) is 11.6 Å². The summed E-state index contributed by atoms with van der Waals surface area (Å²) in [5, 5.41) is -0.434. The van der Waals surface area contributed by atoms with Crippen molar-refractivity contribution in [2.75, 3.05) is 0 Å². The zero-order valence-electron chi connectivity index (χ0n) is 22.3. The average Bonchev–Trinajstić information content (AvgIpc) is 2.91. The lowest BCUT2D eigenvalue weighted by Gasteiger charge is -2.20. The van der Waals surface area contributed by atoms with Crippen molar-refractivity contribution in [3.05, 3.63) is 136 Å². The Bertz CT molecular complexity index is 1920. The van der Waals surface area contributed by atoms with Gasteiger partial charge >= 0.3 is 12.3 Å². The molecule has 0 atom stereocenters. The maximum absolute atomic E-state index is 15.1. The molecular formula is C32H13ClF12O. The van der Waals surface area contributed by atoms with E-state index in [9.17, 15) is 48.3 Å². The van der Waals surface area contributed by atoms with Crippen molar-refractivity contribution in [3.8, 4) is 39.1 Å². The van der Waals surface area contributed by atoms with Crippen LogP contribution in [0.2, 0.25) is 5.02 Å². The summed E-state index contributed by atoms with van der Waals surface area (Å²) in [6.07, 6.45) is -10.2. The highest BCUT2D eigenvalue weighted by molar-refractivity contribution is 6.33. The number of alkyl halides is 5. The lowest BCUT2D eigenvalue weighted by atomic mass is 9.97. The molecule has 5 rings (SSSR count). The van der Waals surface area contributed by atoms with Gasteiger partial charge in [-0.3, -0.25) is 0 Å². The number of rotatable bonds is 6. The Morgan fingerprint density at radius 1 is 0.478 bits per heavy atom. The molecule has 5 aromatic carbocycles. The second-order valence-electron chi connectivity index (χ2n) is 9.68. The summed E-state index contributed by atoms with van der Waals surface area (Å²) < 4.78 is 175. The van der Waals surface area contributed by atoms with Crippen molar-refractivity contribution in [1.29, 1.82) is 0 Å². The van der Waals surface area contributed by atoms with Gasteiger partial charge in [-0.1, -0.05) is 29.8 Å². The zero-order chi connectivity index (χ0) is 33.7. The first-order valence-electron chi connectivity index (χ1n) is 12.6. The molecule has 14 heteroatoms. The normalized spacial score (nSPS) is 12.0. The molecule has 0 amide bonds. The summed E-state index contributed by atoms with van der Waals surface area (Å²) in [5.74, 6) is -12.4. The second-order valence-corrected chi connectivity index (χ2v) is 10.1. The fraction of sp³-hybridized carbons (Fsp3) is 0.0625. The summed E-state index contributed by atoms with van der Waals surface area (Å²) in [6.45, 7) is 0. The van der Waals surface area contributed by atoms with Gasteiger partial charge in [0, 0.05) is 22.8 Å². The van der Waals surface area contributed by atoms with Gasteiger partial charge in [-0.25, -0.2) is 30.7 Å². The van der Waals surface area contributed by atoms with Crippen LogP contribution in [-0.4, -0.2) is 0 Å². The molecule has 0 saturated heterocycles. The smallest absolute Gasteiger partial charge is 0.429 e. The van der Waals surface area contributed by atoms with E-state index in [1.807, 2.05) is 0 Å². The average molecular weight is 677 g/mol. The van der Waals surface area contributed by atoms with Gasteiger partial charge in [0.25, 0.3) is 0 Å². The van der Waals surface area contributed by atoms with Crippen LogP contribution in [0.1, 0.15) is 11.1 Å². The molecule has 0 spiro atoms. The van der Waals surface area contributed by atoms with Crippen LogP contribution in [0.15, 0.2) is 78.9 Å². The molecule has 0 radical (unpaired) electrons. The molecule has 0 aliphatic rings. The first kappa shape index (κ1) is 32.7. The van der Waals surface area contributed by atoms with Crippen molar-refractivity contribution in [2.24, 2.45) is 0 Å². The van der Waals surface area contributed by atoms with Crippen molar-refractivity contribution in [2.45, 2.75) is 12.3 Å². The first-order chi connectivity index (χ1) is 21.5. The van der Waals surface area contributed by atoms with Crippen molar-refractivity contribution >= 4 is 11.6 Å². The number of benzene rings is 5. The molecule has 0 aromatic heterocycles. The predicted molar refractivity (Wildman–Crippen MR) is 143 cm³/mol. The van der Waals surface area contributed by atoms with Crippen molar-refractivity contribution in [3.63, 3.8) is 0 Å². The van der Waals surface area contributed by atoms with Crippen LogP contribution in [-0.2, 0) is 12.3 Å². The van der Waals surface area contributed by atoms with E-state index in [-0.39, 0.29) is 29.3 Å². The van der Waals surface area contributed by atoms with Gasteiger partial charge in [0.1, 0.15) is 57.6 Å². The van der Waals surface area contributed by atoms with Crippen molar-refractivity contribution in [1.82, 2.24) is 0 Å². The second kappa shape index (κ2) is 11.9. The zero-order valence-corrected chi connectivity index (χ0v) is 23.1. The third-order valence-electron chi connectivity index (χ3n) is 6.67. The predicted octanol–water partition coefficient (Wildman–Crippen LogP) is 11.5. The van der Waals surface area contributed by atoms with Crippen LogP contribution < -0.4 is 4.74 Å². The van der Waals surface area contributed by atoms with Crippen LogP contribution in [0.3, 0.4) is 0 Å². The van der Waals surface area contributed by atoms with Gasteiger partial charge < -0.3 is 4.74 Å². The SMILES string of the molecule is Fc1ccccc1-c1cc(F)c(-c2cc(F)c(C(F)(F)Oc3ccc(-c4cc(F)c(C(F)(F)F)c(F)c4)c(F)c3)c(F)c2)c(Cl)c1. The van der Waals surface area contributed by atoms with Gasteiger partial charge in [-0.05, 0) is 71.3 Å². The number of hydrogen-bond acceptors (Lipinski definition) is 1. The van der Waals surface area contributed by atoms with Gasteiger partial charge in [0.05, 0.1) is 5.02 Å². The van der Waals surface area contributed by atoms with E-state index in [0.29, 0.717) is 24.3 Å².